The van der Waals surface area contributed by atoms with Gasteiger partial charge in [0.05, 0.1) is 0 Å². The molecule has 0 heterocycles. The summed E-state index contributed by atoms with van der Waals surface area (Å²) in [5.41, 5.74) is 3.24. The van der Waals surface area contributed by atoms with Crippen LogP contribution in [0.4, 0.5) is 0 Å². The van der Waals surface area contributed by atoms with Gasteiger partial charge >= 0.3 is 0 Å². The van der Waals surface area contributed by atoms with Crippen LogP contribution in [0.1, 0.15) is 56.2 Å². The van der Waals surface area contributed by atoms with Crippen LogP contribution in [0, 0.1) is 6.92 Å². The summed E-state index contributed by atoms with van der Waals surface area (Å²) >= 11 is 0. The van der Waals surface area contributed by atoms with Crippen LogP contribution in [0.3, 0.4) is 0 Å². The van der Waals surface area contributed by atoms with Crippen molar-refractivity contribution in [1.29, 1.82) is 0 Å². The number of aromatic hydroxyl groups is 2. The molecule has 0 spiro atoms. The molecule has 96 valence electrons. The smallest absolute Gasteiger partial charge is 0.160 e. The molecule has 1 aromatic rings. The van der Waals surface area contributed by atoms with Crippen molar-refractivity contribution in [1.82, 2.24) is 0 Å². The molecule has 0 saturated heterocycles. The largest absolute Gasteiger partial charge is 0.504 e. The van der Waals surface area contributed by atoms with Crippen molar-refractivity contribution in [3.05, 3.63) is 22.8 Å². The highest BCUT2D eigenvalue weighted by Crippen LogP contribution is 2.35. The van der Waals surface area contributed by atoms with E-state index in [1.165, 1.54) is 6.42 Å². The molecule has 2 N–H and O–H groups in total. The summed E-state index contributed by atoms with van der Waals surface area (Å²) < 4.78 is 0. The zero-order valence-corrected chi connectivity index (χ0v) is 11.2. The number of hydrogen-bond donors (Lipinski definition) is 2. The first kappa shape index (κ1) is 13.9. The molecule has 0 radical (unpaired) electrons. The minimum absolute atomic E-state index is 0.0329. The number of aryl methyl sites for hydroxylation is 1. The Bertz CT molecular complexity index is 370. The van der Waals surface area contributed by atoms with Crippen molar-refractivity contribution in [2.24, 2.45) is 0 Å². The van der Waals surface area contributed by atoms with Gasteiger partial charge < -0.3 is 10.2 Å². The lowest BCUT2D eigenvalue weighted by atomic mass is 9.94. The van der Waals surface area contributed by atoms with Crippen LogP contribution in [0.2, 0.25) is 0 Å². The molecule has 1 aromatic carbocycles. The zero-order chi connectivity index (χ0) is 12.8. The highest BCUT2D eigenvalue weighted by molar-refractivity contribution is 5.52. The zero-order valence-electron chi connectivity index (χ0n) is 11.2. The number of benzene rings is 1. The maximum Gasteiger partial charge on any atom is 0.160 e. The Hall–Kier alpha value is -1.18. The predicted octanol–water partition coefficient (Wildman–Crippen LogP) is 4.09. The summed E-state index contributed by atoms with van der Waals surface area (Å²) in [6, 6.07) is 1.71. The van der Waals surface area contributed by atoms with Crippen molar-refractivity contribution in [3.63, 3.8) is 0 Å². The predicted molar refractivity (Wildman–Crippen MR) is 71.7 cm³/mol. The van der Waals surface area contributed by atoms with E-state index in [-0.39, 0.29) is 11.5 Å². The standard InChI is InChI=1S/C15H24O2/c1-4-6-7-9-13-11(3)12(8-5-2)10-14(16)15(13)17/h10,16-17H,4-9H2,1-3H3. The van der Waals surface area contributed by atoms with Gasteiger partial charge in [-0.15, -0.1) is 0 Å². The molecule has 1 rings (SSSR count). The first-order valence-electron chi connectivity index (χ1n) is 6.65. The van der Waals surface area contributed by atoms with Gasteiger partial charge in [0.2, 0.25) is 0 Å². The van der Waals surface area contributed by atoms with E-state index in [9.17, 15) is 10.2 Å². The minimum Gasteiger partial charge on any atom is -0.504 e. The fraction of sp³-hybridized carbons (Fsp3) is 0.600. The average molecular weight is 236 g/mol. The van der Waals surface area contributed by atoms with Gasteiger partial charge in [0.25, 0.3) is 0 Å². The topological polar surface area (TPSA) is 40.5 Å². The third-order valence-corrected chi connectivity index (χ3v) is 3.32. The number of phenols is 2. The quantitative estimate of drug-likeness (QED) is 0.577. The second kappa shape index (κ2) is 6.53. The Morgan fingerprint density at radius 3 is 2.29 bits per heavy atom. The van der Waals surface area contributed by atoms with Crippen LogP contribution >= 0.6 is 0 Å². The highest BCUT2D eigenvalue weighted by Gasteiger charge is 2.13. The molecule has 0 atom stereocenters. The molecule has 0 unspecified atom stereocenters. The lowest BCUT2D eigenvalue weighted by Crippen LogP contribution is -1.97. The van der Waals surface area contributed by atoms with E-state index < -0.39 is 0 Å². The molecular formula is C15H24O2. The van der Waals surface area contributed by atoms with Gasteiger partial charge in [-0.3, -0.25) is 0 Å². The summed E-state index contributed by atoms with van der Waals surface area (Å²) in [4.78, 5) is 0. The average Bonchev–Trinajstić information content (AvgIpc) is 2.31. The molecule has 2 heteroatoms. The molecule has 0 bridgehead atoms. The molecule has 0 aromatic heterocycles. The SMILES string of the molecule is CCCCCc1c(C)c(CCC)cc(O)c1O. The summed E-state index contributed by atoms with van der Waals surface area (Å²) in [5, 5.41) is 19.7. The normalized spacial score (nSPS) is 10.8. The number of rotatable bonds is 6. The van der Waals surface area contributed by atoms with Gasteiger partial charge in [-0.05, 0) is 43.4 Å². The first-order valence-corrected chi connectivity index (χ1v) is 6.65. The van der Waals surface area contributed by atoms with Crippen molar-refractivity contribution < 1.29 is 10.2 Å². The van der Waals surface area contributed by atoms with E-state index in [0.29, 0.717) is 0 Å². The first-order chi connectivity index (χ1) is 8.11. The lowest BCUT2D eigenvalue weighted by Gasteiger charge is -2.14. The van der Waals surface area contributed by atoms with Gasteiger partial charge in [0.1, 0.15) is 0 Å². The third-order valence-electron chi connectivity index (χ3n) is 3.32. The molecule has 0 fully saturated rings. The Labute approximate surface area is 104 Å². The van der Waals surface area contributed by atoms with Crippen molar-refractivity contribution in [3.8, 4) is 11.5 Å². The second-order valence-corrected chi connectivity index (χ2v) is 4.71. The van der Waals surface area contributed by atoms with Gasteiger partial charge in [0, 0.05) is 5.56 Å². The maximum atomic E-state index is 9.92. The van der Waals surface area contributed by atoms with Gasteiger partial charge in [-0.2, -0.15) is 0 Å². The van der Waals surface area contributed by atoms with Gasteiger partial charge in [0.15, 0.2) is 11.5 Å². The van der Waals surface area contributed by atoms with E-state index >= 15 is 0 Å². The van der Waals surface area contributed by atoms with Crippen molar-refractivity contribution >= 4 is 0 Å². The fourth-order valence-corrected chi connectivity index (χ4v) is 2.25. The molecule has 0 aliphatic carbocycles. The van der Waals surface area contributed by atoms with Crippen LogP contribution < -0.4 is 0 Å². The van der Waals surface area contributed by atoms with E-state index in [1.807, 2.05) is 6.92 Å². The molecule has 0 aliphatic rings. The Morgan fingerprint density at radius 2 is 1.71 bits per heavy atom. The molecule has 0 amide bonds. The summed E-state index contributed by atoms with van der Waals surface area (Å²) in [6.45, 7) is 6.34. The summed E-state index contributed by atoms with van der Waals surface area (Å²) in [7, 11) is 0. The Kier molecular flexibility index (Phi) is 5.33. The third kappa shape index (κ3) is 3.39. The number of unbranched alkanes of at least 4 members (excludes halogenated alkanes) is 2. The molecular weight excluding hydrogens is 212 g/mol. The van der Waals surface area contributed by atoms with Crippen LogP contribution in [-0.2, 0) is 12.8 Å². The molecule has 17 heavy (non-hydrogen) atoms. The minimum atomic E-state index is 0.0329. The van der Waals surface area contributed by atoms with E-state index in [0.717, 1.165) is 48.8 Å². The second-order valence-electron chi connectivity index (χ2n) is 4.71. The van der Waals surface area contributed by atoms with Gasteiger partial charge in [-0.1, -0.05) is 33.1 Å². The molecule has 2 nitrogen and oxygen atoms in total. The Morgan fingerprint density at radius 1 is 1.00 bits per heavy atom. The fourth-order valence-electron chi connectivity index (χ4n) is 2.25. The van der Waals surface area contributed by atoms with E-state index in [2.05, 4.69) is 13.8 Å². The monoisotopic (exact) mass is 236 g/mol. The summed E-state index contributed by atoms with van der Waals surface area (Å²) in [6.07, 6.45) is 6.27. The van der Waals surface area contributed by atoms with Crippen LogP contribution in [0.25, 0.3) is 0 Å². The molecule has 0 saturated carbocycles. The van der Waals surface area contributed by atoms with E-state index in [1.54, 1.807) is 6.07 Å². The van der Waals surface area contributed by atoms with Crippen LogP contribution in [0.15, 0.2) is 6.07 Å². The maximum absolute atomic E-state index is 9.92. The van der Waals surface area contributed by atoms with Gasteiger partial charge in [-0.25, -0.2) is 0 Å². The van der Waals surface area contributed by atoms with Crippen LogP contribution in [-0.4, -0.2) is 10.2 Å². The van der Waals surface area contributed by atoms with E-state index in [4.69, 9.17) is 0 Å². The lowest BCUT2D eigenvalue weighted by molar-refractivity contribution is 0.397. The van der Waals surface area contributed by atoms with Crippen LogP contribution in [0.5, 0.6) is 11.5 Å². The number of phenolic OH excluding ortho intramolecular Hbond substituents is 2. The highest BCUT2D eigenvalue weighted by atomic mass is 16.3. The van der Waals surface area contributed by atoms with Crippen molar-refractivity contribution in [2.45, 2.75) is 59.3 Å². The van der Waals surface area contributed by atoms with Crippen molar-refractivity contribution in [2.75, 3.05) is 0 Å². The molecule has 0 aliphatic heterocycles. The Balaban J connectivity index is 2.99. The summed E-state index contributed by atoms with van der Waals surface area (Å²) in [5.74, 6) is 0.115. The number of hydrogen-bond acceptors (Lipinski definition) is 2.